The van der Waals surface area contributed by atoms with E-state index in [0.717, 1.165) is 29.8 Å². The van der Waals surface area contributed by atoms with Crippen LogP contribution in [0.1, 0.15) is 40.0 Å². The van der Waals surface area contributed by atoms with Gasteiger partial charge in [-0.25, -0.2) is 14.6 Å². The molecule has 0 aliphatic carbocycles. The quantitative estimate of drug-likeness (QED) is 0.795. The standard InChI is InChI=1S/C16H23N5/c1-5-12-8-6-7-9-20(12)14-13-10-19-21(16(2,3)4)15(13)18-11-17-14/h5,10-12H,1,6-9H2,2-4H3/t12-/m1/s1. The molecule has 0 aromatic carbocycles. The van der Waals surface area contributed by atoms with Crippen molar-refractivity contribution in [3.63, 3.8) is 0 Å². The first-order valence-corrected chi connectivity index (χ1v) is 7.61. The topological polar surface area (TPSA) is 46.8 Å². The van der Waals surface area contributed by atoms with Gasteiger partial charge in [-0.1, -0.05) is 6.08 Å². The van der Waals surface area contributed by atoms with Crippen molar-refractivity contribution in [1.82, 2.24) is 19.7 Å². The Balaban J connectivity index is 2.11. The molecule has 3 rings (SSSR count). The fraction of sp³-hybridized carbons (Fsp3) is 0.562. The van der Waals surface area contributed by atoms with Gasteiger partial charge in [0.15, 0.2) is 5.65 Å². The Kier molecular flexibility index (Phi) is 3.43. The van der Waals surface area contributed by atoms with Gasteiger partial charge in [-0.2, -0.15) is 5.10 Å². The third-order valence-electron chi connectivity index (χ3n) is 4.07. The summed E-state index contributed by atoms with van der Waals surface area (Å²) in [5.41, 5.74) is 0.813. The average molecular weight is 285 g/mol. The molecule has 2 aromatic rings. The molecule has 5 heteroatoms. The highest BCUT2D eigenvalue weighted by atomic mass is 15.3. The summed E-state index contributed by atoms with van der Waals surface area (Å²) < 4.78 is 1.97. The normalized spacial score (nSPS) is 20.0. The molecule has 1 saturated heterocycles. The third-order valence-corrected chi connectivity index (χ3v) is 4.07. The number of hydrogen-bond donors (Lipinski definition) is 0. The molecule has 21 heavy (non-hydrogen) atoms. The molecule has 5 nitrogen and oxygen atoms in total. The van der Waals surface area contributed by atoms with E-state index < -0.39 is 0 Å². The van der Waals surface area contributed by atoms with E-state index in [9.17, 15) is 0 Å². The second-order valence-corrected chi connectivity index (χ2v) is 6.65. The highest BCUT2D eigenvalue weighted by Crippen LogP contribution is 2.30. The molecule has 0 amide bonds. The van der Waals surface area contributed by atoms with E-state index in [1.54, 1.807) is 6.33 Å². The van der Waals surface area contributed by atoms with E-state index in [2.05, 4.69) is 47.3 Å². The SMILES string of the molecule is C=C[C@@H]1CCCCN1c1ncnc2c1cnn2C(C)(C)C. The van der Waals surface area contributed by atoms with Crippen molar-refractivity contribution < 1.29 is 0 Å². The fourth-order valence-corrected chi connectivity index (χ4v) is 3.02. The number of hydrogen-bond acceptors (Lipinski definition) is 4. The highest BCUT2D eigenvalue weighted by Gasteiger charge is 2.25. The minimum absolute atomic E-state index is 0.0902. The molecule has 0 spiro atoms. The minimum atomic E-state index is -0.0902. The minimum Gasteiger partial charge on any atom is -0.349 e. The lowest BCUT2D eigenvalue weighted by molar-refractivity contribution is 0.366. The van der Waals surface area contributed by atoms with Gasteiger partial charge in [0.25, 0.3) is 0 Å². The predicted molar refractivity (Wildman–Crippen MR) is 85.5 cm³/mol. The molecule has 112 valence electrons. The zero-order valence-corrected chi connectivity index (χ0v) is 13.1. The van der Waals surface area contributed by atoms with Gasteiger partial charge in [0, 0.05) is 12.6 Å². The van der Waals surface area contributed by atoms with Gasteiger partial charge in [0.05, 0.1) is 17.1 Å². The molecular formula is C16H23N5. The first kappa shape index (κ1) is 14.0. The van der Waals surface area contributed by atoms with E-state index >= 15 is 0 Å². The van der Waals surface area contributed by atoms with Crippen molar-refractivity contribution in [2.24, 2.45) is 0 Å². The van der Waals surface area contributed by atoms with Crippen molar-refractivity contribution in [3.05, 3.63) is 25.2 Å². The van der Waals surface area contributed by atoms with Crippen LogP contribution in [0.5, 0.6) is 0 Å². The molecule has 0 bridgehead atoms. The second-order valence-electron chi connectivity index (χ2n) is 6.65. The molecule has 0 radical (unpaired) electrons. The summed E-state index contributed by atoms with van der Waals surface area (Å²) in [6, 6.07) is 0.356. The Hall–Kier alpha value is -1.91. The summed E-state index contributed by atoms with van der Waals surface area (Å²) in [7, 11) is 0. The summed E-state index contributed by atoms with van der Waals surface area (Å²) >= 11 is 0. The van der Waals surface area contributed by atoms with Gasteiger partial charge >= 0.3 is 0 Å². The molecule has 1 atom stereocenters. The summed E-state index contributed by atoms with van der Waals surface area (Å²) in [5.74, 6) is 0.986. The van der Waals surface area contributed by atoms with Gasteiger partial charge in [0.1, 0.15) is 12.1 Å². The zero-order chi connectivity index (χ0) is 15.0. The lowest BCUT2D eigenvalue weighted by atomic mass is 10.0. The summed E-state index contributed by atoms with van der Waals surface area (Å²) in [5, 5.41) is 5.56. The van der Waals surface area contributed by atoms with E-state index in [1.165, 1.54) is 12.8 Å². The number of rotatable bonds is 2. The molecule has 1 aliphatic heterocycles. The lowest BCUT2D eigenvalue weighted by Gasteiger charge is -2.35. The Labute approximate surface area is 125 Å². The van der Waals surface area contributed by atoms with Crippen LogP contribution in [0.2, 0.25) is 0 Å². The van der Waals surface area contributed by atoms with Crippen LogP contribution in [-0.2, 0) is 5.54 Å². The van der Waals surface area contributed by atoms with Crippen LogP contribution in [0.3, 0.4) is 0 Å². The third kappa shape index (κ3) is 2.41. The van der Waals surface area contributed by atoms with Crippen LogP contribution >= 0.6 is 0 Å². The van der Waals surface area contributed by atoms with E-state index in [0.29, 0.717) is 6.04 Å². The first-order chi connectivity index (χ1) is 10.0. The van der Waals surface area contributed by atoms with Crippen LogP contribution in [0.25, 0.3) is 11.0 Å². The maximum atomic E-state index is 4.54. The summed E-state index contributed by atoms with van der Waals surface area (Å²) in [6.45, 7) is 11.4. The van der Waals surface area contributed by atoms with Crippen molar-refractivity contribution in [1.29, 1.82) is 0 Å². The second kappa shape index (κ2) is 5.13. The molecule has 0 saturated carbocycles. The van der Waals surface area contributed by atoms with Crippen LogP contribution < -0.4 is 4.90 Å². The van der Waals surface area contributed by atoms with E-state index in [1.807, 2.05) is 17.0 Å². The van der Waals surface area contributed by atoms with Crippen LogP contribution in [-0.4, -0.2) is 32.3 Å². The Morgan fingerprint density at radius 1 is 1.29 bits per heavy atom. The number of anilines is 1. The molecule has 3 heterocycles. The van der Waals surface area contributed by atoms with E-state index in [-0.39, 0.29) is 5.54 Å². The Morgan fingerprint density at radius 2 is 2.10 bits per heavy atom. The Morgan fingerprint density at radius 3 is 2.81 bits per heavy atom. The summed E-state index contributed by atoms with van der Waals surface area (Å²) in [4.78, 5) is 11.3. The monoisotopic (exact) mass is 285 g/mol. The molecule has 2 aromatic heterocycles. The maximum Gasteiger partial charge on any atom is 0.163 e. The average Bonchev–Trinajstić information content (AvgIpc) is 2.91. The maximum absolute atomic E-state index is 4.54. The van der Waals surface area contributed by atoms with Crippen LogP contribution in [0, 0.1) is 0 Å². The van der Waals surface area contributed by atoms with Crippen LogP contribution in [0.4, 0.5) is 5.82 Å². The van der Waals surface area contributed by atoms with Crippen molar-refractivity contribution in [3.8, 4) is 0 Å². The molecule has 1 fully saturated rings. The number of piperidine rings is 1. The highest BCUT2D eigenvalue weighted by molar-refractivity contribution is 5.87. The van der Waals surface area contributed by atoms with Gasteiger partial charge < -0.3 is 4.90 Å². The largest absolute Gasteiger partial charge is 0.349 e. The fourth-order valence-electron chi connectivity index (χ4n) is 3.02. The van der Waals surface area contributed by atoms with Crippen molar-refractivity contribution in [2.75, 3.05) is 11.4 Å². The molecule has 0 unspecified atom stereocenters. The molecular weight excluding hydrogens is 262 g/mol. The van der Waals surface area contributed by atoms with Gasteiger partial charge in [-0.3, -0.25) is 0 Å². The lowest BCUT2D eigenvalue weighted by Crippen LogP contribution is -2.38. The van der Waals surface area contributed by atoms with Gasteiger partial charge in [-0.05, 0) is 40.0 Å². The number of nitrogens with zero attached hydrogens (tertiary/aromatic N) is 5. The van der Waals surface area contributed by atoms with Gasteiger partial charge in [-0.15, -0.1) is 6.58 Å². The number of fused-ring (bicyclic) bond motifs is 1. The molecule has 0 N–H and O–H groups in total. The summed E-state index contributed by atoms with van der Waals surface area (Å²) in [6.07, 6.45) is 9.16. The molecule has 1 aliphatic rings. The van der Waals surface area contributed by atoms with Gasteiger partial charge in [0.2, 0.25) is 0 Å². The predicted octanol–water partition coefficient (Wildman–Crippen LogP) is 3.13. The first-order valence-electron chi connectivity index (χ1n) is 7.61. The Bertz CT molecular complexity index is 652. The van der Waals surface area contributed by atoms with Crippen molar-refractivity contribution in [2.45, 2.75) is 51.6 Å². The van der Waals surface area contributed by atoms with Crippen molar-refractivity contribution >= 4 is 16.9 Å². The number of aromatic nitrogens is 4. The van der Waals surface area contributed by atoms with E-state index in [4.69, 9.17) is 0 Å². The van der Waals surface area contributed by atoms with Crippen LogP contribution in [0.15, 0.2) is 25.2 Å². The smallest absolute Gasteiger partial charge is 0.163 e. The zero-order valence-electron chi connectivity index (χ0n) is 13.1.